The average molecular weight is 271 g/mol. The molecule has 2 nitrogen and oxygen atoms in total. The minimum atomic E-state index is -0.185. The van der Waals surface area contributed by atoms with E-state index in [1.54, 1.807) is 0 Å². The molecule has 108 valence electrons. The molecule has 0 bridgehead atoms. The van der Waals surface area contributed by atoms with Crippen molar-refractivity contribution in [1.82, 2.24) is 4.90 Å². The Bertz CT molecular complexity index is 508. The Hall–Kier alpha value is -1.15. The quantitative estimate of drug-likeness (QED) is 0.777. The van der Waals surface area contributed by atoms with Gasteiger partial charge in [-0.15, -0.1) is 0 Å². The second-order valence-electron chi connectivity index (χ2n) is 6.51. The first-order valence-corrected chi connectivity index (χ1v) is 8.01. The zero-order valence-corrected chi connectivity index (χ0v) is 12.7. The van der Waals surface area contributed by atoms with E-state index in [2.05, 4.69) is 24.8 Å². The van der Waals surface area contributed by atoms with Crippen molar-refractivity contribution in [3.8, 4) is 0 Å². The van der Waals surface area contributed by atoms with Crippen molar-refractivity contribution in [1.29, 1.82) is 0 Å². The third-order valence-electron chi connectivity index (χ3n) is 5.41. The van der Waals surface area contributed by atoms with Crippen LogP contribution < -0.4 is 0 Å². The first-order valence-electron chi connectivity index (χ1n) is 8.01. The number of likely N-dealkylation sites (tertiary alicyclic amines) is 1. The Morgan fingerprint density at radius 1 is 1.05 bits per heavy atom. The molecule has 2 fully saturated rings. The Labute approximate surface area is 122 Å². The lowest BCUT2D eigenvalue weighted by atomic mass is 9.83. The van der Waals surface area contributed by atoms with Gasteiger partial charge in [0.2, 0.25) is 0 Å². The summed E-state index contributed by atoms with van der Waals surface area (Å²) in [5.41, 5.74) is 3.17. The van der Waals surface area contributed by atoms with E-state index < -0.39 is 0 Å². The third kappa shape index (κ3) is 2.10. The van der Waals surface area contributed by atoms with Gasteiger partial charge in [-0.05, 0) is 63.7 Å². The number of ketones is 1. The maximum Gasteiger partial charge on any atom is 0.183 e. The zero-order valence-electron chi connectivity index (χ0n) is 12.7. The van der Waals surface area contributed by atoms with Crippen molar-refractivity contribution in [3.63, 3.8) is 0 Å². The van der Waals surface area contributed by atoms with Crippen LogP contribution in [0, 0.1) is 13.8 Å². The number of hydrogen-bond donors (Lipinski definition) is 0. The van der Waals surface area contributed by atoms with E-state index in [1.165, 1.54) is 36.8 Å². The number of aryl methyl sites for hydroxylation is 1. The molecule has 2 heteroatoms. The minimum Gasteiger partial charge on any atom is -0.292 e. The fourth-order valence-electron chi connectivity index (χ4n) is 4.04. The summed E-state index contributed by atoms with van der Waals surface area (Å²) in [5.74, 6) is 0.387. The predicted octanol–water partition coefficient (Wildman–Crippen LogP) is 3.89. The van der Waals surface area contributed by atoms with Crippen LogP contribution in [-0.4, -0.2) is 29.3 Å². The normalized spacial score (nSPS) is 22.3. The smallest absolute Gasteiger partial charge is 0.183 e. The molecule has 0 N–H and O–H groups in total. The van der Waals surface area contributed by atoms with E-state index in [9.17, 15) is 4.79 Å². The van der Waals surface area contributed by atoms with Crippen LogP contribution in [0.15, 0.2) is 18.2 Å². The molecule has 0 radical (unpaired) electrons. The maximum absolute atomic E-state index is 13.3. The van der Waals surface area contributed by atoms with Gasteiger partial charge in [-0.3, -0.25) is 9.69 Å². The highest BCUT2D eigenvalue weighted by Gasteiger charge is 2.47. The number of carbonyl (C=O) groups is 1. The van der Waals surface area contributed by atoms with E-state index in [-0.39, 0.29) is 5.54 Å². The molecular formula is C18H25NO. The van der Waals surface area contributed by atoms with Crippen LogP contribution in [0.3, 0.4) is 0 Å². The molecule has 1 saturated carbocycles. The van der Waals surface area contributed by atoms with Gasteiger partial charge in [0, 0.05) is 5.56 Å². The average Bonchev–Trinajstić information content (AvgIpc) is 3.12. The van der Waals surface area contributed by atoms with Gasteiger partial charge in [0.25, 0.3) is 0 Å². The maximum atomic E-state index is 13.3. The molecule has 0 atom stereocenters. The van der Waals surface area contributed by atoms with Crippen molar-refractivity contribution in [2.75, 3.05) is 13.1 Å². The van der Waals surface area contributed by atoms with Crippen LogP contribution in [0.25, 0.3) is 0 Å². The molecule has 0 unspecified atom stereocenters. The molecule has 1 aliphatic heterocycles. The van der Waals surface area contributed by atoms with Crippen LogP contribution in [0.2, 0.25) is 0 Å². The molecule has 0 spiro atoms. The van der Waals surface area contributed by atoms with Crippen LogP contribution in [-0.2, 0) is 0 Å². The molecule has 2 aliphatic rings. The summed E-state index contributed by atoms with van der Waals surface area (Å²) < 4.78 is 0. The monoisotopic (exact) mass is 271 g/mol. The molecular weight excluding hydrogens is 246 g/mol. The minimum absolute atomic E-state index is 0.185. The van der Waals surface area contributed by atoms with Crippen molar-refractivity contribution in [2.45, 2.75) is 57.9 Å². The second kappa shape index (κ2) is 5.33. The molecule has 1 aliphatic carbocycles. The number of carbonyl (C=O) groups excluding carboxylic acids is 1. The predicted molar refractivity (Wildman–Crippen MR) is 82.3 cm³/mol. The lowest BCUT2D eigenvalue weighted by molar-refractivity contribution is 0.0625. The second-order valence-corrected chi connectivity index (χ2v) is 6.51. The van der Waals surface area contributed by atoms with Gasteiger partial charge in [-0.2, -0.15) is 0 Å². The lowest BCUT2D eigenvalue weighted by Gasteiger charge is -2.37. The largest absolute Gasteiger partial charge is 0.292 e. The Balaban J connectivity index is 1.99. The van der Waals surface area contributed by atoms with Gasteiger partial charge in [0.05, 0.1) is 5.54 Å². The Morgan fingerprint density at radius 3 is 2.35 bits per heavy atom. The molecule has 20 heavy (non-hydrogen) atoms. The lowest BCUT2D eigenvalue weighted by Crippen LogP contribution is -2.51. The molecule has 3 rings (SSSR count). The van der Waals surface area contributed by atoms with E-state index in [4.69, 9.17) is 0 Å². The molecule has 1 saturated heterocycles. The summed E-state index contributed by atoms with van der Waals surface area (Å²) in [6, 6.07) is 6.16. The first-order chi connectivity index (χ1) is 9.65. The highest BCUT2D eigenvalue weighted by Crippen LogP contribution is 2.40. The van der Waals surface area contributed by atoms with Gasteiger partial charge in [0.1, 0.15) is 0 Å². The summed E-state index contributed by atoms with van der Waals surface area (Å²) in [7, 11) is 0. The molecule has 1 heterocycles. The number of hydrogen-bond acceptors (Lipinski definition) is 2. The summed E-state index contributed by atoms with van der Waals surface area (Å²) >= 11 is 0. The summed E-state index contributed by atoms with van der Waals surface area (Å²) in [6.45, 7) is 6.41. The molecule has 1 aromatic carbocycles. The highest BCUT2D eigenvalue weighted by atomic mass is 16.1. The Morgan fingerprint density at radius 2 is 1.70 bits per heavy atom. The third-order valence-corrected chi connectivity index (χ3v) is 5.41. The number of rotatable bonds is 3. The summed E-state index contributed by atoms with van der Waals surface area (Å²) in [4.78, 5) is 15.8. The fourth-order valence-corrected chi connectivity index (χ4v) is 4.04. The van der Waals surface area contributed by atoms with Gasteiger partial charge in [-0.1, -0.05) is 31.0 Å². The molecule has 0 amide bonds. The topological polar surface area (TPSA) is 20.3 Å². The van der Waals surface area contributed by atoms with E-state index in [0.717, 1.165) is 31.5 Å². The zero-order chi connectivity index (χ0) is 14.2. The highest BCUT2D eigenvalue weighted by molar-refractivity contribution is 6.04. The van der Waals surface area contributed by atoms with Crippen LogP contribution in [0.5, 0.6) is 0 Å². The van der Waals surface area contributed by atoms with Crippen molar-refractivity contribution < 1.29 is 4.79 Å². The Kier molecular flexibility index (Phi) is 3.68. The summed E-state index contributed by atoms with van der Waals surface area (Å²) in [5, 5.41) is 0. The van der Waals surface area contributed by atoms with E-state index in [0.29, 0.717) is 5.78 Å². The van der Waals surface area contributed by atoms with Crippen molar-refractivity contribution in [3.05, 3.63) is 34.9 Å². The van der Waals surface area contributed by atoms with Gasteiger partial charge in [-0.25, -0.2) is 0 Å². The molecule has 0 aromatic heterocycles. The van der Waals surface area contributed by atoms with Gasteiger partial charge in [0.15, 0.2) is 5.78 Å². The van der Waals surface area contributed by atoms with Crippen LogP contribution >= 0.6 is 0 Å². The van der Waals surface area contributed by atoms with Crippen LogP contribution in [0.1, 0.15) is 60.0 Å². The number of nitrogens with zero attached hydrogens (tertiary/aromatic N) is 1. The van der Waals surface area contributed by atoms with E-state index >= 15 is 0 Å². The van der Waals surface area contributed by atoms with Gasteiger partial charge >= 0.3 is 0 Å². The number of benzene rings is 1. The van der Waals surface area contributed by atoms with Crippen LogP contribution in [0.4, 0.5) is 0 Å². The first kappa shape index (κ1) is 13.8. The van der Waals surface area contributed by atoms with Crippen molar-refractivity contribution >= 4 is 5.78 Å². The summed E-state index contributed by atoms with van der Waals surface area (Å²) in [6.07, 6.45) is 7.02. The molecule has 1 aromatic rings. The van der Waals surface area contributed by atoms with Gasteiger partial charge < -0.3 is 0 Å². The standard InChI is InChI=1S/C18H25NO/c1-14-8-7-9-16(15(14)2)17(20)18(10-3-4-11-18)19-12-5-6-13-19/h7-9H,3-6,10-13H2,1-2H3. The van der Waals surface area contributed by atoms with E-state index in [1.807, 2.05) is 12.1 Å². The fraction of sp³-hybridized carbons (Fsp3) is 0.611. The van der Waals surface area contributed by atoms with Crippen molar-refractivity contribution in [2.24, 2.45) is 0 Å². The SMILES string of the molecule is Cc1cccc(C(=O)C2(N3CCCC3)CCCC2)c1C. The number of Topliss-reactive ketones (excluding diaryl/α,β-unsaturated/α-hetero) is 1.